The molecule has 2 aliphatic rings. The number of hydrogen-bond acceptors (Lipinski definition) is 4. The minimum Gasteiger partial charge on any atom is -0.353 e. The summed E-state index contributed by atoms with van der Waals surface area (Å²) in [7, 11) is -3.83. The summed E-state index contributed by atoms with van der Waals surface area (Å²) in [5.41, 5.74) is 1.14. The van der Waals surface area contributed by atoms with E-state index in [-0.39, 0.29) is 16.8 Å². The number of nitrogens with zero attached hydrogens (tertiary/aromatic N) is 1. The van der Waals surface area contributed by atoms with E-state index in [2.05, 4.69) is 22.3 Å². The van der Waals surface area contributed by atoms with E-state index in [0.29, 0.717) is 24.4 Å². The van der Waals surface area contributed by atoms with E-state index in [1.54, 1.807) is 12.1 Å². The van der Waals surface area contributed by atoms with Crippen LogP contribution in [-0.4, -0.2) is 43.6 Å². The molecule has 0 spiro atoms. The van der Waals surface area contributed by atoms with Crippen molar-refractivity contribution >= 4 is 27.3 Å². The van der Waals surface area contributed by atoms with Crippen LogP contribution in [0.2, 0.25) is 5.02 Å². The highest BCUT2D eigenvalue weighted by Crippen LogP contribution is 2.41. The molecule has 2 aromatic carbocycles. The lowest BCUT2D eigenvalue weighted by molar-refractivity contribution is -0.123. The van der Waals surface area contributed by atoms with Gasteiger partial charge in [0, 0.05) is 11.6 Å². The van der Waals surface area contributed by atoms with E-state index in [9.17, 15) is 13.2 Å². The first-order valence-electron chi connectivity index (χ1n) is 11.0. The number of amides is 1. The molecule has 7 heteroatoms. The van der Waals surface area contributed by atoms with Crippen molar-refractivity contribution in [3.05, 3.63) is 65.2 Å². The number of nitrogens with one attached hydrogen (secondary N) is 1. The molecule has 2 aromatic rings. The third-order valence-corrected chi connectivity index (χ3v) is 9.45. The van der Waals surface area contributed by atoms with E-state index in [1.165, 1.54) is 12.1 Å². The van der Waals surface area contributed by atoms with Crippen LogP contribution in [0, 0.1) is 0 Å². The molecular weight excluding hydrogens is 432 g/mol. The van der Waals surface area contributed by atoms with Crippen molar-refractivity contribution in [2.75, 3.05) is 19.6 Å². The maximum atomic E-state index is 13.6. The zero-order chi connectivity index (χ0) is 21.9. The van der Waals surface area contributed by atoms with Crippen molar-refractivity contribution in [2.45, 2.75) is 54.2 Å². The first-order valence-corrected chi connectivity index (χ1v) is 12.9. The summed E-state index contributed by atoms with van der Waals surface area (Å²) in [5, 5.41) is 3.51. The topological polar surface area (TPSA) is 66.5 Å². The fraction of sp³-hybridized carbons (Fsp3) is 0.458. The molecule has 1 N–H and O–H groups in total. The van der Waals surface area contributed by atoms with Crippen molar-refractivity contribution in [3.63, 3.8) is 0 Å². The predicted molar refractivity (Wildman–Crippen MR) is 123 cm³/mol. The molecule has 1 aliphatic heterocycles. The molecule has 1 atom stereocenters. The Labute approximate surface area is 189 Å². The molecule has 1 aliphatic carbocycles. The van der Waals surface area contributed by atoms with Crippen LogP contribution in [-0.2, 0) is 14.6 Å². The number of hydrogen-bond donors (Lipinski definition) is 1. The predicted octanol–water partition coefficient (Wildman–Crippen LogP) is 4.38. The van der Waals surface area contributed by atoms with Crippen molar-refractivity contribution in [1.82, 2.24) is 10.2 Å². The summed E-state index contributed by atoms with van der Waals surface area (Å²) in [6, 6.07) is 16.3. The van der Waals surface area contributed by atoms with Gasteiger partial charge in [-0.2, -0.15) is 0 Å². The smallest absolute Gasteiger partial charge is 0.241 e. The molecule has 1 saturated heterocycles. The van der Waals surface area contributed by atoms with E-state index < -0.39 is 14.6 Å². The molecule has 4 rings (SSSR count). The fourth-order valence-electron chi connectivity index (χ4n) is 4.94. The molecule has 1 amide bonds. The van der Waals surface area contributed by atoms with Gasteiger partial charge in [0.1, 0.15) is 0 Å². The summed E-state index contributed by atoms with van der Waals surface area (Å²) in [6.07, 6.45) is 4.45. The van der Waals surface area contributed by atoms with Crippen molar-refractivity contribution < 1.29 is 13.2 Å². The van der Waals surface area contributed by atoms with Crippen molar-refractivity contribution in [2.24, 2.45) is 0 Å². The van der Waals surface area contributed by atoms with Gasteiger partial charge in [0.25, 0.3) is 0 Å². The molecule has 1 heterocycles. The van der Waals surface area contributed by atoms with Crippen LogP contribution in [0.25, 0.3) is 0 Å². The summed E-state index contributed by atoms with van der Waals surface area (Å²) in [4.78, 5) is 16.0. The summed E-state index contributed by atoms with van der Waals surface area (Å²) < 4.78 is 25.7. The van der Waals surface area contributed by atoms with Crippen LogP contribution in [0.1, 0.15) is 50.1 Å². The molecule has 0 aromatic heterocycles. The number of sulfone groups is 1. The largest absolute Gasteiger partial charge is 0.353 e. The second-order valence-corrected chi connectivity index (χ2v) is 11.2. The number of carbonyl (C=O) groups is 1. The first kappa shape index (κ1) is 22.3. The molecule has 2 fully saturated rings. The van der Waals surface area contributed by atoms with E-state index in [1.807, 2.05) is 18.2 Å². The van der Waals surface area contributed by atoms with Crippen LogP contribution < -0.4 is 5.32 Å². The molecule has 5 nitrogen and oxygen atoms in total. The van der Waals surface area contributed by atoms with Gasteiger partial charge < -0.3 is 5.32 Å². The minimum absolute atomic E-state index is 0.0457. The molecule has 1 saturated carbocycles. The SMILES string of the molecule is O=C(NCC(c1ccccc1)N1CCCC1)C1(S(=O)(=O)c2ccc(Cl)cc2)CCCC1. The quantitative estimate of drug-likeness (QED) is 0.665. The van der Waals surface area contributed by atoms with Gasteiger partial charge in [-0.25, -0.2) is 8.42 Å². The van der Waals surface area contributed by atoms with Gasteiger partial charge >= 0.3 is 0 Å². The first-order chi connectivity index (χ1) is 14.9. The van der Waals surface area contributed by atoms with E-state index in [0.717, 1.165) is 44.3 Å². The molecule has 31 heavy (non-hydrogen) atoms. The molecule has 0 radical (unpaired) electrons. The molecule has 166 valence electrons. The van der Waals surface area contributed by atoms with Gasteiger partial charge in [-0.3, -0.25) is 9.69 Å². The van der Waals surface area contributed by atoms with Crippen LogP contribution in [0.3, 0.4) is 0 Å². The van der Waals surface area contributed by atoms with E-state index >= 15 is 0 Å². The van der Waals surface area contributed by atoms with Gasteiger partial charge in [-0.05, 0) is 68.6 Å². The summed E-state index contributed by atoms with van der Waals surface area (Å²) in [6.45, 7) is 2.38. The number of halogens is 1. The lowest BCUT2D eigenvalue weighted by atomic mass is 10.0. The Morgan fingerprint density at radius 1 is 0.968 bits per heavy atom. The molecule has 0 bridgehead atoms. The number of benzene rings is 2. The normalized spacial score (nSPS) is 19.9. The maximum absolute atomic E-state index is 13.6. The van der Waals surface area contributed by atoms with Crippen molar-refractivity contribution in [1.29, 1.82) is 0 Å². The Kier molecular flexibility index (Phi) is 6.70. The zero-order valence-electron chi connectivity index (χ0n) is 17.6. The standard InChI is InChI=1S/C24H29ClN2O3S/c25-20-10-12-21(13-11-20)31(29,30)24(14-4-5-15-24)23(28)26-18-22(27-16-6-7-17-27)19-8-2-1-3-9-19/h1-3,8-13,22H,4-7,14-18H2,(H,26,28). The third-order valence-electron chi connectivity index (χ3n) is 6.69. The lowest BCUT2D eigenvalue weighted by Crippen LogP contribution is -2.52. The Hall–Kier alpha value is -1.89. The third kappa shape index (κ3) is 4.38. The van der Waals surface area contributed by atoms with Crippen LogP contribution in [0.15, 0.2) is 59.5 Å². The summed E-state index contributed by atoms with van der Waals surface area (Å²) >= 11 is 5.94. The van der Waals surface area contributed by atoms with Gasteiger partial charge in [-0.1, -0.05) is 54.8 Å². The Morgan fingerprint density at radius 2 is 1.58 bits per heavy atom. The number of carbonyl (C=O) groups excluding carboxylic acids is 1. The number of likely N-dealkylation sites (tertiary alicyclic amines) is 1. The average molecular weight is 461 g/mol. The fourth-order valence-corrected chi connectivity index (χ4v) is 7.15. The molecule has 1 unspecified atom stereocenters. The van der Waals surface area contributed by atoms with Gasteiger partial charge in [-0.15, -0.1) is 0 Å². The second kappa shape index (κ2) is 9.31. The van der Waals surface area contributed by atoms with Gasteiger partial charge in [0.05, 0.1) is 10.9 Å². The Bertz CT molecular complexity index is 997. The van der Waals surface area contributed by atoms with Crippen LogP contribution in [0.4, 0.5) is 0 Å². The Morgan fingerprint density at radius 3 is 2.19 bits per heavy atom. The Balaban J connectivity index is 1.58. The zero-order valence-corrected chi connectivity index (χ0v) is 19.2. The second-order valence-electron chi connectivity index (χ2n) is 8.54. The summed E-state index contributed by atoms with van der Waals surface area (Å²) in [5.74, 6) is -0.375. The average Bonchev–Trinajstić information content (AvgIpc) is 3.48. The van der Waals surface area contributed by atoms with Crippen LogP contribution >= 0.6 is 11.6 Å². The van der Waals surface area contributed by atoms with Gasteiger partial charge in [0.15, 0.2) is 14.6 Å². The lowest BCUT2D eigenvalue weighted by Gasteiger charge is -2.31. The van der Waals surface area contributed by atoms with Gasteiger partial charge in [0.2, 0.25) is 5.91 Å². The van der Waals surface area contributed by atoms with E-state index in [4.69, 9.17) is 11.6 Å². The highest BCUT2D eigenvalue weighted by molar-refractivity contribution is 7.93. The highest BCUT2D eigenvalue weighted by Gasteiger charge is 2.53. The molecular formula is C24H29ClN2O3S. The monoisotopic (exact) mass is 460 g/mol. The maximum Gasteiger partial charge on any atom is 0.241 e. The number of rotatable bonds is 7. The van der Waals surface area contributed by atoms with Crippen molar-refractivity contribution in [3.8, 4) is 0 Å². The minimum atomic E-state index is -3.83. The van der Waals surface area contributed by atoms with Crippen LogP contribution in [0.5, 0.6) is 0 Å². The highest BCUT2D eigenvalue weighted by atomic mass is 35.5.